The van der Waals surface area contributed by atoms with E-state index in [1.807, 2.05) is 36.4 Å². The molecule has 3 aromatic rings. The molecular weight excluding hydrogens is 380 g/mol. The monoisotopic (exact) mass is 410 g/mol. The Hall–Kier alpha value is -3.02. The highest BCUT2D eigenvalue weighted by Gasteiger charge is 2.22. The van der Waals surface area contributed by atoms with Gasteiger partial charge in [0.1, 0.15) is 5.75 Å². The van der Waals surface area contributed by atoms with Crippen molar-refractivity contribution in [2.75, 3.05) is 6.61 Å². The molecule has 6 heteroatoms. The number of hydrogen-bond acceptors (Lipinski definition) is 3. The van der Waals surface area contributed by atoms with Crippen LogP contribution < -0.4 is 15.6 Å². The van der Waals surface area contributed by atoms with Gasteiger partial charge in [-0.15, -0.1) is 0 Å². The minimum atomic E-state index is -1.14. The number of ether oxygens (including phenoxy) is 1. The summed E-state index contributed by atoms with van der Waals surface area (Å²) in [5.41, 5.74) is 0.263. The quantitative estimate of drug-likeness (QED) is 0.417. The first-order valence-corrected chi connectivity index (χ1v) is 10.4. The van der Waals surface area contributed by atoms with Gasteiger partial charge in [-0.05, 0) is 34.7 Å². The van der Waals surface area contributed by atoms with Crippen molar-refractivity contribution >= 4 is 27.6 Å². The lowest BCUT2D eigenvalue weighted by Gasteiger charge is -2.25. The maximum absolute atomic E-state index is 13.5. The van der Waals surface area contributed by atoms with Crippen molar-refractivity contribution in [1.29, 1.82) is 0 Å². The smallest absolute Gasteiger partial charge is 0.404 e. The number of nitrogens with one attached hydrogen (secondary N) is 1. The second kappa shape index (κ2) is 8.78. The molecule has 0 saturated carbocycles. The molecule has 0 unspecified atom stereocenters. The number of hydrogen-bond donors (Lipinski definition) is 2. The number of amides is 1. The van der Waals surface area contributed by atoms with Crippen molar-refractivity contribution in [1.82, 2.24) is 9.88 Å². The van der Waals surface area contributed by atoms with Crippen LogP contribution in [0.2, 0.25) is 0 Å². The van der Waals surface area contributed by atoms with Gasteiger partial charge in [-0.2, -0.15) is 0 Å². The van der Waals surface area contributed by atoms with Crippen molar-refractivity contribution in [2.45, 2.75) is 53.6 Å². The van der Waals surface area contributed by atoms with Crippen LogP contribution in [0.25, 0.3) is 21.5 Å². The van der Waals surface area contributed by atoms with Crippen molar-refractivity contribution in [3.63, 3.8) is 0 Å². The number of rotatable bonds is 7. The van der Waals surface area contributed by atoms with E-state index in [0.29, 0.717) is 30.0 Å². The van der Waals surface area contributed by atoms with E-state index >= 15 is 0 Å². The number of fused-ring (bicyclic) bond motifs is 2. The second-order valence-corrected chi connectivity index (χ2v) is 8.83. The number of carbonyl (C=O) groups is 1. The molecular formula is C24H30N2O4. The molecule has 0 fully saturated rings. The number of unbranched alkanes of at least 4 members (excludes halogenated alkanes) is 1. The van der Waals surface area contributed by atoms with Gasteiger partial charge >= 0.3 is 6.09 Å². The number of carboxylic acid groups (broad SMARTS) is 1. The highest BCUT2D eigenvalue weighted by molar-refractivity contribution is 6.00. The predicted molar refractivity (Wildman–Crippen MR) is 120 cm³/mol. The zero-order valence-corrected chi connectivity index (χ0v) is 18.1. The van der Waals surface area contributed by atoms with Crippen molar-refractivity contribution in [3.8, 4) is 5.75 Å². The first-order valence-electron chi connectivity index (χ1n) is 10.4. The molecule has 1 aromatic heterocycles. The summed E-state index contributed by atoms with van der Waals surface area (Å²) in [6.07, 6.45) is 0.715. The summed E-state index contributed by atoms with van der Waals surface area (Å²) in [5, 5.41) is 14.9. The molecule has 0 atom stereocenters. The molecule has 1 heterocycles. The summed E-state index contributed by atoms with van der Waals surface area (Å²) >= 11 is 0. The van der Waals surface area contributed by atoms with Crippen LogP contribution in [0.3, 0.4) is 0 Å². The van der Waals surface area contributed by atoms with E-state index in [9.17, 15) is 14.7 Å². The fraction of sp³-hybridized carbons (Fsp3) is 0.417. The van der Waals surface area contributed by atoms with E-state index in [-0.39, 0.29) is 17.5 Å². The molecule has 0 saturated heterocycles. The molecule has 1 amide bonds. The molecule has 2 N–H and O–H groups in total. The number of aromatic nitrogens is 1. The normalized spacial score (nSPS) is 11.7. The molecule has 0 radical (unpaired) electrons. The maximum Gasteiger partial charge on any atom is 0.404 e. The lowest BCUT2D eigenvalue weighted by atomic mass is 9.95. The summed E-state index contributed by atoms with van der Waals surface area (Å²) in [6.45, 7) is 9.21. The second-order valence-electron chi connectivity index (χ2n) is 8.83. The molecule has 160 valence electrons. The van der Waals surface area contributed by atoms with E-state index in [0.717, 1.165) is 29.0 Å². The van der Waals surface area contributed by atoms with Crippen LogP contribution in [0.15, 0.2) is 41.2 Å². The first kappa shape index (κ1) is 21.7. The maximum atomic E-state index is 13.5. The van der Waals surface area contributed by atoms with E-state index < -0.39 is 6.09 Å². The van der Waals surface area contributed by atoms with Gasteiger partial charge < -0.3 is 19.7 Å². The van der Waals surface area contributed by atoms with Crippen LogP contribution in [0.1, 0.15) is 46.2 Å². The molecule has 0 aliphatic heterocycles. The van der Waals surface area contributed by atoms with Crippen LogP contribution >= 0.6 is 0 Å². The van der Waals surface area contributed by atoms with Gasteiger partial charge in [-0.3, -0.25) is 4.79 Å². The third-order valence-electron chi connectivity index (χ3n) is 4.98. The Morgan fingerprint density at radius 3 is 2.33 bits per heavy atom. The molecule has 0 aliphatic carbocycles. The lowest BCUT2D eigenvalue weighted by Crippen LogP contribution is -2.33. The fourth-order valence-electron chi connectivity index (χ4n) is 3.61. The van der Waals surface area contributed by atoms with Gasteiger partial charge in [-0.25, -0.2) is 4.79 Å². The van der Waals surface area contributed by atoms with Gasteiger partial charge in [0.2, 0.25) is 0 Å². The van der Waals surface area contributed by atoms with Crippen LogP contribution in [-0.4, -0.2) is 22.4 Å². The predicted octanol–water partition coefficient (Wildman–Crippen LogP) is 5.15. The Morgan fingerprint density at radius 1 is 1.13 bits per heavy atom. The van der Waals surface area contributed by atoms with E-state index in [4.69, 9.17) is 4.74 Å². The molecule has 6 nitrogen and oxygen atoms in total. The highest BCUT2D eigenvalue weighted by atomic mass is 16.5. The van der Waals surface area contributed by atoms with Crippen LogP contribution in [0.4, 0.5) is 4.79 Å². The molecule has 30 heavy (non-hydrogen) atoms. The summed E-state index contributed by atoms with van der Waals surface area (Å²) in [7, 11) is 0. The zero-order valence-electron chi connectivity index (χ0n) is 18.1. The molecule has 0 bridgehead atoms. The van der Waals surface area contributed by atoms with Crippen LogP contribution in [-0.2, 0) is 13.1 Å². The minimum absolute atomic E-state index is 0.00484. The van der Waals surface area contributed by atoms with Crippen molar-refractivity contribution in [3.05, 3.63) is 52.4 Å². The zero-order chi connectivity index (χ0) is 21.9. The topological polar surface area (TPSA) is 80.6 Å². The van der Waals surface area contributed by atoms with E-state index in [2.05, 4.69) is 33.0 Å². The highest BCUT2D eigenvalue weighted by Crippen LogP contribution is 2.33. The molecule has 0 spiro atoms. The Bertz CT molecular complexity index is 1130. The Morgan fingerprint density at radius 2 is 1.77 bits per heavy atom. The summed E-state index contributed by atoms with van der Waals surface area (Å²) in [4.78, 5) is 24.8. The van der Waals surface area contributed by atoms with Gasteiger partial charge in [0.25, 0.3) is 5.56 Å². The van der Waals surface area contributed by atoms with Crippen LogP contribution in [0, 0.1) is 5.41 Å². The summed E-state index contributed by atoms with van der Waals surface area (Å²) < 4.78 is 7.86. The first-order chi connectivity index (χ1) is 14.2. The van der Waals surface area contributed by atoms with Gasteiger partial charge in [0.05, 0.1) is 24.2 Å². The average molecular weight is 411 g/mol. The summed E-state index contributed by atoms with van der Waals surface area (Å²) in [5.74, 6) is 0.585. The van der Waals surface area contributed by atoms with Crippen molar-refractivity contribution < 1.29 is 14.6 Å². The third-order valence-corrected chi connectivity index (χ3v) is 4.98. The van der Waals surface area contributed by atoms with Crippen molar-refractivity contribution in [2.24, 2.45) is 5.41 Å². The SMILES string of the molecule is CCCCOc1c(CNC(=O)O)n(CC(C)(C)C)c(=O)c2cc3ccccc3cc12. The Balaban J connectivity index is 2.34. The largest absolute Gasteiger partial charge is 0.491 e. The van der Waals surface area contributed by atoms with Gasteiger partial charge in [0, 0.05) is 11.9 Å². The van der Waals surface area contributed by atoms with E-state index in [1.54, 1.807) is 4.57 Å². The molecule has 3 rings (SSSR count). The standard InChI is InChI=1S/C24H30N2O4/c1-5-6-11-30-21-18-12-16-9-7-8-10-17(16)13-19(18)22(27)26(15-24(2,3)4)20(21)14-25-23(28)29/h7-10,12-13,25H,5-6,11,14-15H2,1-4H3,(H,28,29). The van der Waals surface area contributed by atoms with Gasteiger partial charge in [-0.1, -0.05) is 58.4 Å². The Kier molecular flexibility index (Phi) is 6.34. The number of pyridine rings is 1. The van der Waals surface area contributed by atoms with E-state index in [1.165, 1.54) is 0 Å². The third kappa shape index (κ3) is 4.75. The Labute approximate surface area is 176 Å². The number of benzene rings is 2. The molecule has 2 aromatic carbocycles. The fourth-order valence-corrected chi connectivity index (χ4v) is 3.61. The minimum Gasteiger partial charge on any atom is -0.491 e. The van der Waals surface area contributed by atoms with Gasteiger partial charge in [0.15, 0.2) is 0 Å². The molecule has 0 aliphatic rings. The average Bonchev–Trinajstić information content (AvgIpc) is 2.68. The summed E-state index contributed by atoms with van der Waals surface area (Å²) in [6, 6.07) is 11.8. The van der Waals surface area contributed by atoms with Crippen LogP contribution in [0.5, 0.6) is 5.75 Å². The number of nitrogens with zero attached hydrogens (tertiary/aromatic N) is 1. The lowest BCUT2D eigenvalue weighted by molar-refractivity contribution is 0.193.